The SMILES string of the molecule is CC(CCNC(=O)N(C)CCCC(=O)O)c1ccccc1. The van der Waals surface area contributed by atoms with Crippen LogP contribution in [0.2, 0.25) is 0 Å². The Hall–Kier alpha value is -2.04. The lowest BCUT2D eigenvalue weighted by atomic mass is 9.98. The van der Waals surface area contributed by atoms with Crippen molar-refractivity contribution in [3.8, 4) is 0 Å². The smallest absolute Gasteiger partial charge is 0.317 e. The van der Waals surface area contributed by atoms with E-state index in [0.717, 1.165) is 6.42 Å². The highest BCUT2D eigenvalue weighted by Gasteiger charge is 2.10. The highest BCUT2D eigenvalue weighted by Crippen LogP contribution is 2.17. The number of carboxylic acids is 1. The van der Waals surface area contributed by atoms with E-state index in [-0.39, 0.29) is 12.5 Å². The average Bonchev–Trinajstić information content (AvgIpc) is 2.47. The number of rotatable bonds is 8. The molecule has 2 N–H and O–H groups in total. The second kappa shape index (κ2) is 9.00. The van der Waals surface area contributed by atoms with Gasteiger partial charge in [-0.25, -0.2) is 4.79 Å². The van der Waals surface area contributed by atoms with Gasteiger partial charge in [-0.3, -0.25) is 4.79 Å². The molecule has 0 fully saturated rings. The topological polar surface area (TPSA) is 69.6 Å². The Morgan fingerprint density at radius 2 is 1.95 bits per heavy atom. The second-order valence-electron chi connectivity index (χ2n) is 5.25. The quantitative estimate of drug-likeness (QED) is 0.774. The number of carboxylic acid groups (broad SMARTS) is 1. The van der Waals surface area contributed by atoms with Gasteiger partial charge >= 0.3 is 12.0 Å². The summed E-state index contributed by atoms with van der Waals surface area (Å²) >= 11 is 0. The zero-order valence-electron chi connectivity index (χ0n) is 12.7. The number of hydrogen-bond acceptors (Lipinski definition) is 2. The molecule has 0 saturated heterocycles. The van der Waals surface area contributed by atoms with Gasteiger partial charge in [-0.15, -0.1) is 0 Å². The van der Waals surface area contributed by atoms with Crippen molar-refractivity contribution in [1.29, 1.82) is 0 Å². The molecule has 0 aromatic heterocycles. The molecule has 0 bridgehead atoms. The first-order chi connectivity index (χ1) is 10.0. The fourth-order valence-corrected chi connectivity index (χ4v) is 2.05. The maximum absolute atomic E-state index is 11.8. The monoisotopic (exact) mass is 292 g/mol. The first-order valence-electron chi connectivity index (χ1n) is 7.26. The Morgan fingerprint density at radius 3 is 2.57 bits per heavy atom. The molecule has 116 valence electrons. The summed E-state index contributed by atoms with van der Waals surface area (Å²) in [5.74, 6) is -0.440. The zero-order chi connectivity index (χ0) is 15.7. The number of carbonyl (C=O) groups is 2. The fourth-order valence-electron chi connectivity index (χ4n) is 2.05. The maximum atomic E-state index is 11.8. The molecule has 0 aliphatic heterocycles. The van der Waals surface area contributed by atoms with Crippen LogP contribution in [0.1, 0.15) is 37.7 Å². The third-order valence-corrected chi connectivity index (χ3v) is 3.45. The molecular formula is C16H24N2O3. The van der Waals surface area contributed by atoms with E-state index in [1.165, 1.54) is 10.5 Å². The van der Waals surface area contributed by atoms with Crippen molar-refractivity contribution in [1.82, 2.24) is 10.2 Å². The summed E-state index contributed by atoms with van der Waals surface area (Å²) in [4.78, 5) is 23.7. The van der Waals surface area contributed by atoms with E-state index in [2.05, 4.69) is 24.4 Å². The standard InChI is InChI=1S/C16H24N2O3/c1-13(14-7-4-3-5-8-14)10-11-17-16(21)18(2)12-6-9-15(19)20/h3-5,7-8,13H,6,9-12H2,1-2H3,(H,17,21)(H,19,20). The van der Waals surface area contributed by atoms with E-state index in [0.29, 0.717) is 25.4 Å². The van der Waals surface area contributed by atoms with Crippen molar-refractivity contribution in [3.63, 3.8) is 0 Å². The van der Waals surface area contributed by atoms with Crippen LogP contribution in [-0.4, -0.2) is 42.1 Å². The van der Waals surface area contributed by atoms with Crippen LogP contribution in [0.5, 0.6) is 0 Å². The third-order valence-electron chi connectivity index (χ3n) is 3.45. The zero-order valence-corrected chi connectivity index (χ0v) is 12.7. The van der Waals surface area contributed by atoms with Gasteiger partial charge < -0.3 is 15.3 Å². The summed E-state index contributed by atoms with van der Waals surface area (Å²) in [6.45, 7) is 3.20. The van der Waals surface area contributed by atoms with Crippen LogP contribution in [-0.2, 0) is 4.79 Å². The molecule has 0 saturated carbocycles. The van der Waals surface area contributed by atoms with E-state index in [1.807, 2.05) is 18.2 Å². The van der Waals surface area contributed by atoms with Gasteiger partial charge in [-0.1, -0.05) is 37.3 Å². The molecule has 1 atom stereocenters. The molecule has 0 spiro atoms. The molecular weight excluding hydrogens is 268 g/mol. The molecule has 5 nitrogen and oxygen atoms in total. The van der Waals surface area contributed by atoms with E-state index < -0.39 is 5.97 Å². The minimum absolute atomic E-state index is 0.0860. The number of benzene rings is 1. The van der Waals surface area contributed by atoms with Crippen LogP contribution in [0.15, 0.2) is 30.3 Å². The Labute approximate surface area is 126 Å². The van der Waals surface area contributed by atoms with E-state index in [4.69, 9.17) is 5.11 Å². The minimum Gasteiger partial charge on any atom is -0.481 e. The van der Waals surface area contributed by atoms with Crippen LogP contribution < -0.4 is 5.32 Å². The van der Waals surface area contributed by atoms with E-state index >= 15 is 0 Å². The maximum Gasteiger partial charge on any atom is 0.317 e. The predicted octanol–water partition coefficient (Wildman–Crippen LogP) is 2.69. The van der Waals surface area contributed by atoms with E-state index in [1.54, 1.807) is 7.05 Å². The number of urea groups is 1. The number of hydrogen-bond donors (Lipinski definition) is 2. The summed E-state index contributed by atoms with van der Waals surface area (Å²) in [5.41, 5.74) is 1.27. The Morgan fingerprint density at radius 1 is 1.29 bits per heavy atom. The van der Waals surface area contributed by atoms with Crippen LogP contribution in [0.4, 0.5) is 4.79 Å². The predicted molar refractivity (Wildman–Crippen MR) is 82.4 cm³/mol. The lowest BCUT2D eigenvalue weighted by molar-refractivity contribution is -0.137. The largest absolute Gasteiger partial charge is 0.481 e. The number of carbonyl (C=O) groups excluding carboxylic acids is 1. The first kappa shape index (κ1) is 17.0. The van der Waals surface area contributed by atoms with Crippen molar-refractivity contribution in [2.24, 2.45) is 0 Å². The van der Waals surface area contributed by atoms with Crippen LogP contribution in [0.25, 0.3) is 0 Å². The second-order valence-corrected chi connectivity index (χ2v) is 5.25. The van der Waals surface area contributed by atoms with Crippen molar-refractivity contribution < 1.29 is 14.7 Å². The van der Waals surface area contributed by atoms with Gasteiger partial charge in [-0.05, 0) is 24.3 Å². The fraction of sp³-hybridized carbons (Fsp3) is 0.500. The van der Waals surface area contributed by atoms with Crippen LogP contribution >= 0.6 is 0 Å². The van der Waals surface area contributed by atoms with Crippen molar-refractivity contribution in [2.75, 3.05) is 20.1 Å². The molecule has 1 aromatic carbocycles. The van der Waals surface area contributed by atoms with Crippen LogP contribution in [0.3, 0.4) is 0 Å². The molecule has 0 aliphatic rings. The van der Waals surface area contributed by atoms with Gasteiger partial charge in [0.05, 0.1) is 0 Å². The molecule has 1 aromatic rings. The normalized spacial score (nSPS) is 11.7. The highest BCUT2D eigenvalue weighted by molar-refractivity contribution is 5.73. The Kier molecular flexibility index (Phi) is 7.29. The third kappa shape index (κ3) is 6.79. The molecule has 0 radical (unpaired) electrons. The molecule has 0 heterocycles. The summed E-state index contributed by atoms with van der Waals surface area (Å²) < 4.78 is 0. The van der Waals surface area contributed by atoms with E-state index in [9.17, 15) is 9.59 Å². The Bertz CT molecular complexity index is 448. The number of nitrogens with zero attached hydrogens (tertiary/aromatic N) is 1. The molecule has 21 heavy (non-hydrogen) atoms. The lowest BCUT2D eigenvalue weighted by Crippen LogP contribution is -2.38. The van der Waals surface area contributed by atoms with Gasteiger partial charge in [0.25, 0.3) is 0 Å². The first-order valence-corrected chi connectivity index (χ1v) is 7.26. The molecule has 0 aliphatic carbocycles. The summed E-state index contributed by atoms with van der Waals surface area (Å²) in [7, 11) is 1.68. The molecule has 1 rings (SSSR count). The summed E-state index contributed by atoms with van der Waals surface area (Å²) in [6.07, 6.45) is 1.43. The summed E-state index contributed by atoms with van der Waals surface area (Å²) in [5, 5.41) is 11.4. The van der Waals surface area contributed by atoms with Gasteiger partial charge in [0, 0.05) is 26.6 Å². The lowest BCUT2D eigenvalue weighted by Gasteiger charge is -2.18. The molecule has 5 heteroatoms. The van der Waals surface area contributed by atoms with Crippen molar-refractivity contribution in [2.45, 2.75) is 32.1 Å². The van der Waals surface area contributed by atoms with Gasteiger partial charge in [0.2, 0.25) is 0 Å². The number of amides is 2. The van der Waals surface area contributed by atoms with Gasteiger partial charge in [-0.2, -0.15) is 0 Å². The minimum atomic E-state index is -0.833. The van der Waals surface area contributed by atoms with Gasteiger partial charge in [0.15, 0.2) is 0 Å². The Balaban J connectivity index is 2.22. The summed E-state index contributed by atoms with van der Waals surface area (Å²) in [6, 6.07) is 10.0. The average molecular weight is 292 g/mol. The molecule has 2 amide bonds. The van der Waals surface area contributed by atoms with Gasteiger partial charge in [0.1, 0.15) is 0 Å². The van der Waals surface area contributed by atoms with Crippen molar-refractivity contribution >= 4 is 12.0 Å². The molecule has 1 unspecified atom stereocenters. The van der Waals surface area contributed by atoms with Crippen molar-refractivity contribution in [3.05, 3.63) is 35.9 Å². The highest BCUT2D eigenvalue weighted by atomic mass is 16.4. The number of aliphatic carboxylic acids is 1. The number of nitrogens with one attached hydrogen (secondary N) is 1. The van der Waals surface area contributed by atoms with Crippen LogP contribution in [0, 0.1) is 0 Å².